The van der Waals surface area contributed by atoms with Crippen LogP contribution in [-0.4, -0.2) is 30.9 Å². The lowest BCUT2D eigenvalue weighted by Gasteiger charge is -2.08. The molecule has 0 spiro atoms. The van der Waals surface area contributed by atoms with Gasteiger partial charge in [-0.3, -0.25) is 19.7 Å². The van der Waals surface area contributed by atoms with Gasteiger partial charge >= 0.3 is 0 Å². The number of nitrogens with zero attached hydrogens (tertiary/aromatic N) is 5. The third-order valence-corrected chi connectivity index (χ3v) is 5.54. The lowest BCUT2D eigenvalue weighted by molar-refractivity contribution is 0.0981. The molecule has 4 heterocycles. The van der Waals surface area contributed by atoms with Crippen LogP contribution in [0.3, 0.4) is 0 Å². The Bertz CT molecular complexity index is 1220. The highest BCUT2D eigenvalue weighted by Gasteiger charge is 2.17. The van der Waals surface area contributed by atoms with Gasteiger partial charge in [0.15, 0.2) is 21.6 Å². The van der Waals surface area contributed by atoms with E-state index in [0.717, 1.165) is 39.4 Å². The summed E-state index contributed by atoms with van der Waals surface area (Å²) >= 11 is 1.05. The molecule has 0 fully saturated rings. The summed E-state index contributed by atoms with van der Waals surface area (Å²) in [7, 11) is 0. The van der Waals surface area contributed by atoms with E-state index in [2.05, 4.69) is 25.1 Å². The number of hydrogen-bond acceptors (Lipinski definition) is 7. The van der Waals surface area contributed by atoms with Gasteiger partial charge in [-0.25, -0.2) is 4.39 Å². The molecule has 0 saturated heterocycles. The Kier molecular flexibility index (Phi) is 5.67. The van der Waals surface area contributed by atoms with E-state index in [-0.39, 0.29) is 22.9 Å². The number of aryl methyl sites for hydroxylation is 3. The van der Waals surface area contributed by atoms with E-state index in [9.17, 15) is 9.18 Å². The van der Waals surface area contributed by atoms with Crippen molar-refractivity contribution in [3.63, 3.8) is 0 Å². The van der Waals surface area contributed by atoms with Gasteiger partial charge in [-0.2, -0.15) is 0 Å². The highest BCUT2D eigenvalue weighted by atomic mass is 32.1. The molecule has 0 amide bonds. The molecule has 0 bridgehead atoms. The van der Waals surface area contributed by atoms with Gasteiger partial charge in [-0.1, -0.05) is 17.4 Å². The predicted molar refractivity (Wildman–Crippen MR) is 113 cm³/mol. The second kappa shape index (κ2) is 8.54. The third-order valence-electron chi connectivity index (χ3n) is 4.57. The van der Waals surface area contributed by atoms with Gasteiger partial charge in [0, 0.05) is 36.3 Å². The van der Waals surface area contributed by atoms with Gasteiger partial charge in [-0.15, -0.1) is 10.2 Å². The fraction of sp³-hybridized carbons (Fsp3) is 0.182. The van der Waals surface area contributed by atoms with Gasteiger partial charge < -0.3 is 0 Å². The number of hydrogen-bond donors (Lipinski definition) is 0. The molecule has 150 valence electrons. The molecule has 0 unspecified atom stereocenters. The van der Waals surface area contributed by atoms with Crippen LogP contribution in [0, 0.1) is 19.7 Å². The quantitative estimate of drug-likeness (QED) is 0.424. The zero-order valence-electron chi connectivity index (χ0n) is 16.5. The van der Waals surface area contributed by atoms with Gasteiger partial charge in [0.05, 0.1) is 5.69 Å². The van der Waals surface area contributed by atoms with Crippen LogP contribution in [0.5, 0.6) is 0 Å². The Morgan fingerprint density at radius 3 is 2.67 bits per heavy atom. The summed E-state index contributed by atoms with van der Waals surface area (Å²) < 4.78 is 13.9. The topological polar surface area (TPSA) is 81.5 Å². The molecular weight excluding hydrogens is 401 g/mol. The number of Topliss-reactive ketones (excluding diaryl/α,β-unsaturated/α-hetero) is 1. The molecule has 8 heteroatoms. The second-order valence-corrected chi connectivity index (χ2v) is 7.84. The lowest BCUT2D eigenvalue weighted by Crippen LogP contribution is -2.02. The minimum absolute atomic E-state index is 0.107. The number of ketones is 1. The molecule has 0 saturated carbocycles. The van der Waals surface area contributed by atoms with Crippen LogP contribution in [0.15, 0.2) is 48.9 Å². The summed E-state index contributed by atoms with van der Waals surface area (Å²) in [5.74, 6) is -0.625. The minimum Gasteiger partial charge on any atom is -0.291 e. The number of carbonyl (C=O) groups is 1. The molecule has 30 heavy (non-hydrogen) atoms. The van der Waals surface area contributed by atoms with Crippen LogP contribution in [-0.2, 0) is 6.42 Å². The van der Waals surface area contributed by atoms with Crippen molar-refractivity contribution in [2.24, 2.45) is 0 Å². The van der Waals surface area contributed by atoms with Crippen molar-refractivity contribution in [3.8, 4) is 22.0 Å². The number of halogens is 1. The Hall–Kier alpha value is -3.39. The largest absolute Gasteiger partial charge is 0.291 e. The first-order valence-electron chi connectivity index (χ1n) is 9.37. The molecule has 4 aromatic rings. The fourth-order valence-corrected chi connectivity index (χ4v) is 3.91. The summed E-state index contributed by atoms with van der Waals surface area (Å²) in [4.78, 5) is 25.3. The smallest absolute Gasteiger partial charge is 0.193 e. The average Bonchev–Trinajstić information content (AvgIpc) is 3.22. The van der Waals surface area contributed by atoms with Crippen molar-refractivity contribution in [1.82, 2.24) is 25.1 Å². The molecule has 0 aromatic carbocycles. The zero-order chi connectivity index (χ0) is 21.1. The Balaban J connectivity index is 1.44. The van der Waals surface area contributed by atoms with Crippen LogP contribution in [0.25, 0.3) is 22.0 Å². The number of pyridine rings is 3. The molecule has 0 atom stereocenters. The van der Waals surface area contributed by atoms with Gasteiger partial charge in [0.1, 0.15) is 5.69 Å². The predicted octanol–water partition coefficient (Wildman–Crippen LogP) is 4.63. The average molecular weight is 419 g/mol. The van der Waals surface area contributed by atoms with Crippen molar-refractivity contribution in [2.75, 3.05) is 0 Å². The van der Waals surface area contributed by atoms with Gasteiger partial charge in [0.2, 0.25) is 0 Å². The molecule has 6 nitrogen and oxygen atoms in total. The zero-order valence-corrected chi connectivity index (χ0v) is 17.3. The molecule has 0 aliphatic carbocycles. The van der Waals surface area contributed by atoms with E-state index in [1.54, 1.807) is 12.4 Å². The fourth-order valence-electron chi connectivity index (χ4n) is 3.10. The van der Waals surface area contributed by atoms with E-state index < -0.39 is 5.82 Å². The Labute approximate surface area is 176 Å². The molecule has 0 N–H and O–H groups in total. The first-order chi connectivity index (χ1) is 14.5. The van der Waals surface area contributed by atoms with E-state index in [4.69, 9.17) is 0 Å². The molecule has 4 aromatic heterocycles. The van der Waals surface area contributed by atoms with Crippen molar-refractivity contribution in [3.05, 3.63) is 76.6 Å². The van der Waals surface area contributed by atoms with Crippen LogP contribution in [0.2, 0.25) is 0 Å². The SMILES string of the molecule is Cc1cc(-c2ncc(CCC(=O)c3nnc(-c4ncccc4F)s3)cc2C)ccn1. The summed E-state index contributed by atoms with van der Waals surface area (Å²) in [6.45, 7) is 3.95. The maximum Gasteiger partial charge on any atom is 0.193 e. The minimum atomic E-state index is -0.487. The van der Waals surface area contributed by atoms with Crippen LogP contribution < -0.4 is 0 Å². The number of aromatic nitrogens is 5. The van der Waals surface area contributed by atoms with Crippen molar-refractivity contribution >= 4 is 17.1 Å². The summed E-state index contributed by atoms with van der Waals surface area (Å²) in [5.41, 5.74) is 4.97. The van der Waals surface area contributed by atoms with Gasteiger partial charge in [0.25, 0.3) is 0 Å². The highest BCUT2D eigenvalue weighted by molar-refractivity contribution is 7.16. The molecule has 4 rings (SSSR count). The molecule has 0 aliphatic rings. The number of rotatable bonds is 6. The normalized spacial score (nSPS) is 10.9. The summed E-state index contributed by atoms with van der Waals surface area (Å²) in [6, 6.07) is 8.78. The van der Waals surface area contributed by atoms with Crippen LogP contribution in [0.4, 0.5) is 4.39 Å². The first kappa shape index (κ1) is 19.9. The second-order valence-electron chi connectivity index (χ2n) is 6.86. The molecular formula is C22H18FN5OS. The van der Waals surface area contributed by atoms with Crippen LogP contribution in [0.1, 0.15) is 33.0 Å². The third kappa shape index (κ3) is 4.28. The highest BCUT2D eigenvalue weighted by Crippen LogP contribution is 2.25. The standard InChI is InChI=1S/C22H18FN5OS/c1-13-10-15(12-26-19(13)16-7-9-24-14(2)11-16)5-6-18(29)21-27-28-22(30-21)20-17(23)4-3-8-25-20/h3-4,7-12H,5-6H2,1-2H3. The first-order valence-corrected chi connectivity index (χ1v) is 10.2. The monoisotopic (exact) mass is 419 g/mol. The lowest BCUT2D eigenvalue weighted by atomic mass is 10.0. The number of carbonyl (C=O) groups excluding carboxylic acids is 1. The maximum absolute atomic E-state index is 13.9. The molecule has 0 aliphatic heterocycles. The van der Waals surface area contributed by atoms with Gasteiger partial charge in [-0.05, 0) is 55.7 Å². The van der Waals surface area contributed by atoms with E-state index in [1.807, 2.05) is 32.0 Å². The summed E-state index contributed by atoms with van der Waals surface area (Å²) in [5, 5.41) is 8.38. The van der Waals surface area contributed by atoms with E-state index in [1.165, 1.54) is 18.3 Å². The Morgan fingerprint density at radius 2 is 1.90 bits per heavy atom. The summed E-state index contributed by atoms with van der Waals surface area (Å²) in [6.07, 6.45) is 5.85. The van der Waals surface area contributed by atoms with E-state index in [0.29, 0.717) is 11.4 Å². The van der Waals surface area contributed by atoms with Crippen LogP contribution >= 0.6 is 11.3 Å². The van der Waals surface area contributed by atoms with Crippen molar-refractivity contribution in [1.29, 1.82) is 0 Å². The molecule has 0 radical (unpaired) electrons. The maximum atomic E-state index is 13.9. The van der Waals surface area contributed by atoms with Crippen molar-refractivity contribution in [2.45, 2.75) is 26.7 Å². The van der Waals surface area contributed by atoms with E-state index >= 15 is 0 Å². The van der Waals surface area contributed by atoms with Crippen molar-refractivity contribution < 1.29 is 9.18 Å². The Morgan fingerprint density at radius 1 is 1.03 bits per heavy atom.